The van der Waals surface area contributed by atoms with Gasteiger partial charge < -0.3 is 9.47 Å². The molecule has 0 aliphatic rings. The van der Waals surface area contributed by atoms with Crippen LogP contribution in [0.1, 0.15) is 31.9 Å². The largest absolute Gasteiger partial charge is 0.509 e. The van der Waals surface area contributed by atoms with Crippen LogP contribution in [0, 0.1) is 17.3 Å². The minimum atomic E-state index is -1.13. The molecule has 124 valence electrons. The van der Waals surface area contributed by atoms with Crippen molar-refractivity contribution in [1.29, 1.82) is 0 Å². The fourth-order valence-corrected chi connectivity index (χ4v) is 2.45. The third-order valence-corrected chi connectivity index (χ3v) is 3.80. The average Bonchev–Trinajstić information content (AvgIpc) is 2.59. The molecule has 0 spiro atoms. The molecule has 0 saturated heterocycles. The maximum absolute atomic E-state index is 11.9. The lowest BCUT2D eigenvalue weighted by atomic mass is 9.72. The molecule has 24 heavy (non-hydrogen) atoms. The second kappa shape index (κ2) is 7.23. The van der Waals surface area contributed by atoms with E-state index in [-0.39, 0.29) is 0 Å². The van der Waals surface area contributed by atoms with Gasteiger partial charge in [0, 0.05) is 16.5 Å². The van der Waals surface area contributed by atoms with Crippen molar-refractivity contribution in [3.8, 4) is 11.8 Å². The number of ether oxygens (including phenoxy) is 2. The number of hydrogen-bond donors (Lipinski definition) is 0. The van der Waals surface area contributed by atoms with Crippen LogP contribution in [-0.4, -0.2) is 13.3 Å². The quantitative estimate of drug-likeness (QED) is 0.590. The lowest BCUT2D eigenvalue weighted by molar-refractivity contribution is -0.0569. The van der Waals surface area contributed by atoms with Crippen LogP contribution in [-0.2, 0) is 15.1 Å². The third kappa shape index (κ3) is 3.78. The highest BCUT2D eigenvalue weighted by Gasteiger charge is 2.46. The van der Waals surface area contributed by atoms with Gasteiger partial charge in [-0.15, -0.1) is 0 Å². The Labute approximate surface area is 143 Å². The van der Waals surface area contributed by atoms with Crippen LogP contribution in [0.2, 0.25) is 0 Å². The number of rotatable bonds is 2. The Morgan fingerprint density at radius 2 is 1.46 bits per heavy atom. The van der Waals surface area contributed by atoms with Crippen molar-refractivity contribution >= 4 is 6.16 Å². The Kier molecular flexibility index (Phi) is 5.31. The number of methoxy groups -OCH3 is 1. The fourth-order valence-electron chi connectivity index (χ4n) is 2.45. The van der Waals surface area contributed by atoms with Crippen molar-refractivity contribution in [2.75, 3.05) is 7.11 Å². The van der Waals surface area contributed by atoms with Gasteiger partial charge in [0.15, 0.2) is 0 Å². The Morgan fingerprint density at radius 3 is 1.96 bits per heavy atom. The monoisotopic (exact) mass is 322 g/mol. The van der Waals surface area contributed by atoms with E-state index < -0.39 is 17.2 Å². The molecular formula is C21H22O3. The summed E-state index contributed by atoms with van der Waals surface area (Å²) in [4.78, 5) is 11.9. The molecule has 2 rings (SSSR count). The van der Waals surface area contributed by atoms with E-state index >= 15 is 0 Å². The maximum Gasteiger partial charge on any atom is 0.509 e. The molecule has 0 aromatic heterocycles. The van der Waals surface area contributed by atoms with Crippen molar-refractivity contribution < 1.29 is 14.3 Å². The van der Waals surface area contributed by atoms with Gasteiger partial charge in [0.2, 0.25) is 5.60 Å². The molecule has 2 aromatic carbocycles. The highest BCUT2D eigenvalue weighted by Crippen LogP contribution is 2.42. The molecule has 3 nitrogen and oxygen atoms in total. The number of hydrogen-bond acceptors (Lipinski definition) is 3. The van der Waals surface area contributed by atoms with E-state index in [4.69, 9.17) is 9.47 Å². The van der Waals surface area contributed by atoms with Crippen LogP contribution in [0.3, 0.4) is 0 Å². The fraction of sp³-hybridized carbons (Fsp3) is 0.286. The van der Waals surface area contributed by atoms with Crippen molar-refractivity contribution in [3.05, 3.63) is 71.8 Å². The summed E-state index contributed by atoms with van der Waals surface area (Å²) in [6.07, 6.45) is -0.754. The topological polar surface area (TPSA) is 35.5 Å². The highest BCUT2D eigenvalue weighted by atomic mass is 16.7. The molecule has 1 atom stereocenters. The van der Waals surface area contributed by atoms with Crippen molar-refractivity contribution in [1.82, 2.24) is 0 Å². The molecule has 2 aromatic rings. The summed E-state index contributed by atoms with van der Waals surface area (Å²) < 4.78 is 10.5. The smallest absolute Gasteiger partial charge is 0.438 e. The number of carbonyl (C=O) groups excluding carboxylic acids is 1. The van der Waals surface area contributed by atoms with Crippen molar-refractivity contribution in [2.45, 2.75) is 26.4 Å². The normalized spacial score (nSPS) is 13.2. The van der Waals surface area contributed by atoms with Gasteiger partial charge in [-0.3, -0.25) is 0 Å². The molecule has 0 heterocycles. The van der Waals surface area contributed by atoms with Gasteiger partial charge in [-0.1, -0.05) is 75.2 Å². The van der Waals surface area contributed by atoms with Gasteiger partial charge in [-0.05, 0) is 18.1 Å². The third-order valence-electron chi connectivity index (χ3n) is 3.80. The predicted octanol–water partition coefficient (Wildman–Crippen LogP) is 4.76. The van der Waals surface area contributed by atoms with Crippen LogP contribution in [0.15, 0.2) is 60.7 Å². The summed E-state index contributed by atoms with van der Waals surface area (Å²) in [6.45, 7) is 5.97. The minimum Gasteiger partial charge on any atom is -0.438 e. The molecule has 0 bridgehead atoms. The zero-order valence-electron chi connectivity index (χ0n) is 14.5. The number of benzene rings is 2. The average molecular weight is 322 g/mol. The zero-order valence-corrected chi connectivity index (χ0v) is 14.5. The summed E-state index contributed by atoms with van der Waals surface area (Å²) in [6, 6.07) is 19.2. The molecule has 0 unspecified atom stereocenters. The maximum atomic E-state index is 11.9. The Bertz CT molecular complexity index is 733. The first-order chi connectivity index (χ1) is 11.4. The molecule has 0 aliphatic heterocycles. The van der Waals surface area contributed by atoms with E-state index in [1.54, 1.807) is 0 Å². The molecule has 0 fully saturated rings. The van der Waals surface area contributed by atoms with Gasteiger partial charge in [-0.2, -0.15) is 0 Å². The summed E-state index contributed by atoms with van der Waals surface area (Å²) in [7, 11) is 1.30. The van der Waals surface area contributed by atoms with Gasteiger partial charge >= 0.3 is 6.16 Å². The second-order valence-electron chi connectivity index (χ2n) is 6.47. The van der Waals surface area contributed by atoms with Crippen molar-refractivity contribution in [2.24, 2.45) is 5.41 Å². The Morgan fingerprint density at radius 1 is 0.917 bits per heavy atom. The van der Waals surface area contributed by atoms with Gasteiger partial charge in [0.05, 0.1) is 7.11 Å². The minimum absolute atomic E-state index is 0.468. The molecule has 0 N–H and O–H groups in total. The first kappa shape index (κ1) is 17.6. The van der Waals surface area contributed by atoms with Crippen LogP contribution in [0.25, 0.3) is 0 Å². The summed E-state index contributed by atoms with van der Waals surface area (Å²) >= 11 is 0. The van der Waals surface area contributed by atoms with E-state index in [0.29, 0.717) is 0 Å². The van der Waals surface area contributed by atoms with E-state index in [0.717, 1.165) is 11.1 Å². The summed E-state index contributed by atoms with van der Waals surface area (Å²) in [5, 5.41) is 0. The highest BCUT2D eigenvalue weighted by molar-refractivity contribution is 5.62. The van der Waals surface area contributed by atoms with Gasteiger partial charge in [0.25, 0.3) is 0 Å². The van der Waals surface area contributed by atoms with Crippen LogP contribution < -0.4 is 0 Å². The van der Waals surface area contributed by atoms with E-state index in [2.05, 4.69) is 11.8 Å². The zero-order chi connectivity index (χ0) is 17.6. The Balaban J connectivity index is 2.62. The molecule has 0 aliphatic carbocycles. The lowest BCUT2D eigenvalue weighted by Crippen LogP contribution is -2.43. The van der Waals surface area contributed by atoms with Crippen LogP contribution >= 0.6 is 0 Å². The second-order valence-corrected chi connectivity index (χ2v) is 6.47. The SMILES string of the molecule is COC(=O)O[C@](C#Cc1ccccc1)(c1ccccc1)C(C)(C)C. The molecule has 3 heteroatoms. The Hall–Kier alpha value is -2.73. The van der Waals surface area contributed by atoms with E-state index in [1.807, 2.05) is 81.4 Å². The van der Waals surface area contributed by atoms with E-state index in [1.165, 1.54) is 7.11 Å². The summed E-state index contributed by atoms with van der Waals surface area (Å²) in [5.41, 5.74) is 0.0727. The van der Waals surface area contributed by atoms with E-state index in [9.17, 15) is 4.79 Å². The first-order valence-electron chi connectivity index (χ1n) is 7.80. The molecular weight excluding hydrogens is 300 g/mol. The standard InChI is InChI=1S/C21H22O3/c1-20(2,3)21(24-19(22)23-4,18-13-9-6-10-14-18)16-15-17-11-7-5-8-12-17/h5-14H,1-4H3/t21-/m1/s1. The molecule has 0 saturated carbocycles. The summed E-state index contributed by atoms with van der Waals surface area (Å²) in [5.74, 6) is 6.34. The van der Waals surface area contributed by atoms with Crippen LogP contribution in [0.4, 0.5) is 4.79 Å². The van der Waals surface area contributed by atoms with Gasteiger partial charge in [-0.25, -0.2) is 4.79 Å². The first-order valence-corrected chi connectivity index (χ1v) is 7.80. The number of carbonyl (C=O) groups is 1. The van der Waals surface area contributed by atoms with Gasteiger partial charge in [0.1, 0.15) is 0 Å². The molecule has 0 amide bonds. The lowest BCUT2D eigenvalue weighted by Gasteiger charge is -2.39. The van der Waals surface area contributed by atoms with Crippen molar-refractivity contribution in [3.63, 3.8) is 0 Å². The van der Waals surface area contributed by atoms with Crippen LogP contribution in [0.5, 0.6) is 0 Å². The predicted molar refractivity (Wildman–Crippen MR) is 94.4 cm³/mol. The molecule has 0 radical (unpaired) electrons.